The smallest absolute Gasteiger partial charge is 0.189 e. The first kappa shape index (κ1) is 14.8. The van der Waals surface area contributed by atoms with E-state index in [1.54, 1.807) is 31.2 Å². The van der Waals surface area contributed by atoms with Crippen LogP contribution in [0, 0.1) is 6.92 Å². The fraction of sp³-hybridized carbons (Fsp3) is 0.500. The first-order valence-corrected chi connectivity index (χ1v) is 8.41. The van der Waals surface area contributed by atoms with E-state index < -0.39 is 9.84 Å². The molecule has 1 atom stereocenters. The lowest BCUT2D eigenvalue weighted by Crippen LogP contribution is -2.42. The molecule has 110 valence electrons. The van der Waals surface area contributed by atoms with Crippen LogP contribution in [-0.4, -0.2) is 32.2 Å². The Bertz CT molecular complexity index is 589. The summed E-state index contributed by atoms with van der Waals surface area (Å²) in [4.78, 5) is 4.57. The minimum atomic E-state index is -3.31. The third-order valence-electron chi connectivity index (χ3n) is 3.11. The van der Waals surface area contributed by atoms with Crippen molar-refractivity contribution in [2.45, 2.75) is 43.7 Å². The van der Waals surface area contributed by atoms with E-state index in [4.69, 9.17) is 5.73 Å². The highest BCUT2D eigenvalue weighted by molar-refractivity contribution is 7.91. The number of rotatable bonds is 5. The molecule has 1 aliphatic rings. The molecule has 0 amide bonds. The Morgan fingerprint density at radius 2 is 2.00 bits per heavy atom. The molecule has 20 heavy (non-hydrogen) atoms. The Kier molecular flexibility index (Phi) is 4.32. The highest BCUT2D eigenvalue weighted by Crippen LogP contribution is 2.23. The summed E-state index contributed by atoms with van der Waals surface area (Å²) < 4.78 is 24.5. The Morgan fingerprint density at radius 3 is 2.55 bits per heavy atom. The maximum Gasteiger partial charge on any atom is 0.189 e. The van der Waals surface area contributed by atoms with Gasteiger partial charge in [-0.3, -0.25) is 4.99 Å². The van der Waals surface area contributed by atoms with E-state index in [-0.39, 0.29) is 11.8 Å². The minimum absolute atomic E-state index is 0.00303. The van der Waals surface area contributed by atoms with E-state index in [1.807, 2.05) is 6.92 Å². The normalized spacial score (nSPS) is 17.8. The Balaban J connectivity index is 1.98. The molecule has 1 aromatic carbocycles. The zero-order valence-corrected chi connectivity index (χ0v) is 12.7. The van der Waals surface area contributed by atoms with Gasteiger partial charge in [-0.25, -0.2) is 8.42 Å². The number of aryl methyl sites for hydroxylation is 1. The molecule has 0 aromatic heterocycles. The summed E-state index contributed by atoms with van der Waals surface area (Å²) in [5, 5.41) is 2.94. The van der Waals surface area contributed by atoms with Gasteiger partial charge in [0.2, 0.25) is 0 Å². The molecule has 0 saturated heterocycles. The van der Waals surface area contributed by atoms with Crippen molar-refractivity contribution < 1.29 is 8.42 Å². The summed E-state index contributed by atoms with van der Waals surface area (Å²) in [7, 11) is -3.31. The molecule has 0 aliphatic heterocycles. The van der Waals surface area contributed by atoms with Crippen LogP contribution in [0.3, 0.4) is 0 Å². The monoisotopic (exact) mass is 295 g/mol. The highest BCUT2D eigenvalue weighted by Gasteiger charge is 2.22. The SMILES string of the molecule is Cc1ccc(S(=O)(=O)CC(C)NC(N)=NC2CC2)cc1. The molecule has 2 rings (SSSR count). The number of aliphatic imine (C=N–C) groups is 1. The maximum atomic E-state index is 12.2. The van der Waals surface area contributed by atoms with Gasteiger partial charge in [-0.15, -0.1) is 0 Å². The number of benzene rings is 1. The Morgan fingerprint density at radius 1 is 1.40 bits per heavy atom. The summed E-state index contributed by atoms with van der Waals surface area (Å²) in [5.74, 6) is 0.329. The first-order chi connectivity index (χ1) is 9.37. The summed E-state index contributed by atoms with van der Waals surface area (Å²) >= 11 is 0. The van der Waals surface area contributed by atoms with E-state index in [2.05, 4.69) is 10.3 Å². The van der Waals surface area contributed by atoms with E-state index >= 15 is 0 Å². The number of nitrogens with one attached hydrogen (secondary N) is 1. The first-order valence-electron chi connectivity index (χ1n) is 6.76. The van der Waals surface area contributed by atoms with Crippen molar-refractivity contribution in [2.75, 3.05) is 5.75 Å². The molecule has 1 aliphatic carbocycles. The average Bonchev–Trinajstić information content (AvgIpc) is 3.12. The molecule has 1 fully saturated rings. The van der Waals surface area contributed by atoms with Crippen LogP contribution in [0.15, 0.2) is 34.2 Å². The predicted molar refractivity (Wildman–Crippen MR) is 80.5 cm³/mol. The van der Waals surface area contributed by atoms with E-state index in [0.29, 0.717) is 16.9 Å². The molecule has 6 heteroatoms. The number of nitrogens with two attached hydrogens (primary N) is 1. The minimum Gasteiger partial charge on any atom is -0.370 e. The fourth-order valence-electron chi connectivity index (χ4n) is 1.90. The molecule has 1 unspecified atom stereocenters. The fourth-order valence-corrected chi connectivity index (χ4v) is 3.39. The number of hydrogen-bond donors (Lipinski definition) is 2. The second-order valence-corrected chi connectivity index (χ2v) is 7.42. The summed E-state index contributed by atoms with van der Waals surface area (Å²) in [6.07, 6.45) is 2.14. The number of nitrogens with zero attached hydrogens (tertiary/aromatic N) is 1. The van der Waals surface area contributed by atoms with Crippen molar-refractivity contribution >= 4 is 15.8 Å². The van der Waals surface area contributed by atoms with Crippen LogP contribution in [0.2, 0.25) is 0 Å². The van der Waals surface area contributed by atoms with Gasteiger partial charge in [-0.2, -0.15) is 0 Å². The van der Waals surface area contributed by atoms with Crippen molar-refractivity contribution in [1.29, 1.82) is 0 Å². The van der Waals surface area contributed by atoms with Gasteiger partial charge in [0.15, 0.2) is 15.8 Å². The molecule has 0 radical (unpaired) electrons. The molecule has 1 saturated carbocycles. The molecule has 0 heterocycles. The van der Waals surface area contributed by atoms with Crippen molar-refractivity contribution in [3.8, 4) is 0 Å². The largest absolute Gasteiger partial charge is 0.370 e. The van der Waals surface area contributed by atoms with Gasteiger partial charge in [0, 0.05) is 6.04 Å². The third kappa shape index (κ3) is 4.23. The van der Waals surface area contributed by atoms with Crippen LogP contribution in [-0.2, 0) is 9.84 Å². The summed E-state index contributed by atoms with van der Waals surface area (Å²) in [6, 6.07) is 6.92. The molecule has 3 N–H and O–H groups in total. The van der Waals surface area contributed by atoms with E-state index in [9.17, 15) is 8.42 Å². The van der Waals surface area contributed by atoms with Crippen molar-refractivity contribution in [2.24, 2.45) is 10.7 Å². The second kappa shape index (κ2) is 5.83. The standard InChI is InChI=1S/C14H21N3O2S/c1-10-3-7-13(8-4-10)20(18,19)9-11(2)16-14(15)17-12-5-6-12/h3-4,7-8,11-12H,5-6,9H2,1-2H3,(H3,15,16,17). The van der Waals surface area contributed by atoms with Crippen LogP contribution in [0.25, 0.3) is 0 Å². The maximum absolute atomic E-state index is 12.2. The van der Waals surface area contributed by atoms with Crippen LogP contribution in [0.1, 0.15) is 25.3 Å². The van der Waals surface area contributed by atoms with Gasteiger partial charge in [0.05, 0.1) is 16.7 Å². The van der Waals surface area contributed by atoms with Gasteiger partial charge >= 0.3 is 0 Å². The van der Waals surface area contributed by atoms with Gasteiger partial charge < -0.3 is 11.1 Å². The second-order valence-electron chi connectivity index (χ2n) is 5.39. The lowest BCUT2D eigenvalue weighted by Gasteiger charge is -2.15. The summed E-state index contributed by atoms with van der Waals surface area (Å²) in [6.45, 7) is 3.72. The molecular weight excluding hydrogens is 274 g/mol. The average molecular weight is 295 g/mol. The van der Waals surface area contributed by atoms with Crippen molar-refractivity contribution in [3.63, 3.8) is 0 Å². The van der Waals surface area contributed by atoms with Crippen LogP contribution in [0.5, 0.6) is 0 Å². The quantitative estimate of drug-likeness (QED) is 0.632. The van der Waals surface area contributed by atoms with Gasteiger partial charge in [-0.1, -0.05) is 17.7 Å². The molecule has 0 bridgehead atoms. The number of guanidine groups is 1. The predicted octanol–water partition coefficient (Wildman–Crippen LogP) is 1.22. The molecule has 5 nitrogen and oxygen atoms in total. The molecular formula is C14H21N3O2S. The van der Waals surface area contributed by atoms with Crippen molar-refractivity contribution in [1.82, 2.24) is 5.32 Å². The Labute approximate surface area is 120 Å². The van der Waals surface area contributed by atoms with E-state index in [0.717, 1.165) is 18.4 Å². The van der Waals surface area contributed by atoms with Gasteiger partial charge in [0.25, 0.3) is 0 Å². The molecule has 1 aromatic rings. The van der Waals surface area contributed by atoms with E-state index in [1.165, 1.54) is 0 Å². The van der Waals surface area contributed by atoms with Crippen LogP contribution in [0.4, 0.5) is 0 Å². The van der Waals surface area contributed by atoms with Crippen LogP contribution < -0.4 is 11.1 Å². The number of sulfone groups is 1. The summed E-state index contributed by atoms with van der Waals surface area (Å²) in [5.41, 5.74) is 6.77. The zero-order valence-electron chi connectivity index (χ0n) is 11.8. The Hall–Kier alpha value is -1.56. The van der Waals surface area contributed by atoms with Crippen LogP contribution >= 0.6 is 0 Å². The topological polar surface area (TPSA) is 84.5 Å². The van der Waals surface area contributed by atoms with Gasteiger partial charge in [0.1, 0.15) is 0 Å². The zero-order chi connectivity index (χ0) is 14.8. The third-order valence-corrected chi connectivity index (χ3v) is 5.04. The lowest BCUT2D eigenvalue weighted by atomic mass is 10.2. The van der Waals surface area contributed by atoms with Crippen molar-refractivity contribution in [3.05, 3.63) is 29.8 Å². The highest BCUT2D eigenvalue weighted by atomic mass is 32.2. The lowest BCUT2D eigenvalue weighted by molar-refractivity contribution is 0.585. The molecule has 0 spiro atoms. The van der Waals surface area contributed by atoms with Gasteiger partial charge in [-0.05, 0) is 38.8 Å². The number of hydrogen-bond acceptors (Lipinski definition) is 3.